The number of amides is 1. The molecule has 1 heterocycles. The van der Waals surface area contributed by atoms with Crippen LogP contribution in [0, 0.1) is 16.0 Å². The largest absolute Gasteiger partial charge is 0.480 e. The number of rotatable bonds is 8. The number of carboxylic acid groups (broad SMARTS) is 1. The Labute approximate surface area is 155 Å². The summed E-state index contributed by atoms with van der Waals surface area (Å²) in [4.78, 5) is 33.9. The van der Waals surface area contributed by atoms with Crippen LogP contribution in [0.15, 0.2) is 12.1 Å². The molecule has 0 radical (unpaired) electrons. The highest BCUT2D eigenvalue weighted by Crippen LogP contribution is 2.40. The van der Waals surface area contributed by atoms with Crippen LogP contribution in [-0.4, -0.2) is 41.5 Å². The molecule has 1 aromatic rings. The lowest BCUT2D eigenvalue weighted by atomic mass is 9.99. The van der Waals surface area contributed by atoms with Crippen molar-refractivity contribution < 1.29 is 33.8 Å². The monoisotopic (exact) mass is 382 g/mol. The summed E-state index contributed by atoms with van der Waals surface area (Å²) in [7, 11) is 0. The molecular weight excluding hydrogens is 360 g/mol. The molecule has 1 aliphatic heterocycles. The van der Waals surface area contributed by atoms with Gasteiger partial charge in [0, 0.05) is 11.5 Å². The van der Waals surface area contributed by atoms with E-state index in [0.717, 1.165) is 0 Å². The van der Waals surface area contributed by atoms with Crippen LogP contribution in [-0.2, 0) is 9.53 Å². The molecule has 2 N–H and O–H groups in total. The number of nitrogens with zero attached hydrogens (tertiary/aromatic N) is 1. The first-order valence-electron chi connectivity index (χ1n) is 8.43. The zero-order valence-corrected chi connectivity index (χ0v) is 15.3. The maximum atomic E-state index is 11.9. The van der Waals surface area contributed by atoms with Crippen molar-refractivity contribution in [3.8, 4) is 11.5 Å². The molecule has 1 amide bonds. The molecule has 0 aromatic heterocycles. The Morgan fingerprint density at radius 1 is 1.30 bits per heavy atom. The summed E-state index contributed by atoms with van der Waals surface area (Å²) >= 11 is 0. The highest BCUT2D eigenvalue weighted by molar-refractivity contribution is 5.79. The van der Waals surface area contributed by atoms with Crippen LogP contribution in [0.3, 0.4) is 0 Å². The van der Waals surface area contributed by atoms with Crippen molar-refractivity contribution >= 4 is 17.7 Å². The van der Waals surface area contributed by atoms with Gasteiger partial charge < -0.3 is 24.6 Å². The molecule has 0 saturated heterocycles. The van der Waals surface area contributed by atoms with Gasteiger partial charge in [0.25, 0.3) is 5.69 Å². The van der Waals surface area contributed by atoms with Crippen LogP contribution in [0.25, 0.3) is 0 Å². The Balaban J connectivity index is 2.03. The van der Waals surface area contributed by atoms with Gasteiger partial charge in [0.1, 0.15) is 12.6 Å². The smallest absolute Gasteiger partial charge is 0.407 e. The standard InChI is InChI=1S/C17H22N2O8/c1-9(2)4-12(16(20)21)18-17(22)25-7-10(3)11-5-14-15(27-8-26-14)6-13(11)19(23)24/h5-6,9-10,12H,4,7-8H2,1-3H3,(H,18,22)(H,20,21). The van der Waals surface area contributed by atoms with Gasteiger partial charge in [-0.1, -0.05) is 20.8 Å². The number of carbonyl (C=O) groups excluding carboxylic acids is 1. The SMILES string of the molecule is CC(C)CC(NC(=O)OCC(C)c1cc2c(cc1[N+](=O)[O-])OCO2)C(=O)O. The quantitative estimate of drug-likeness (QED) is 0.517. The third-order valence-corrected chi connectivity index (χ3v) is 4.01. The predicted molar refractivity (Wildman–Crippen MR) is 93.0 cm³/mol. The van der Waals surface area contributed by atoms with Crippen molar-refractivity contribution in [1.29, 1.82) is 0 Å². The molecule has 10 heteroatoms. The molecule has 2 atom stereocenters. The van der Waals surface area contributed by atoms with E-state index in [4.69, 9.17) is 19.3 Å². The van der Waals surface area contributed by atoms with E-state index in [-0.39, 0.29) is 37.2 Å². The fraction of sp³-hybridized carbons (Fsp3) is 0.529. The molecule has 10 nitrogen and oxygen atoms in total. The molecule has 148 valence electrons. The second-order valence-electron chi connectivity index (χ2n) is 6.69. The highest BCUT2D eigenvalue weighted by atomic mass is 16.7. The summed E-state index contributed by atoms with van der Waals surface area (Å²) in [5.74, 6) is -0.926. The van der Waals surface area contributed by atoms with Gasteiger partial charge in [-0.05, 0) is 18.4 Å². The van der Waals surface area contributed by atoms with E-state index in [1.807, 2.05) is 13.8 Å². The fourth-order valence-corrected chi connectivity index (χ4v) is 2.67. The highest BCUT2D eigenvalue weighted by Gasteiger charge is 2.27. The second-order valence-corrected chi connectivity index (χ2v) is 6.69. The van der Waals surface area contributed by atoms with E-state index in [9.17, 15) is 19.7 Å². The lowest BCUT2D eigenvalue weighted by Crippen LogP contribution is -2.42. The summed E-state index contributed by atoms with van der Waals surface area (Å²) in [5.41, 5.74) is 0.160. The summed E-state index contributed by atoms with van der Waals surface area (Å²) in [5, 5.41) is 22.7. The number of hydrogen-bond donors (Lipinski definition) is 2. The molecular formula is C17H22N2O8. The second kappa shape index (κ2) is 8.56. The summed E-state index contributed by atoms with van der Waals surface area (Å²) in [6.45, 7) is 5.14. The zero-order chi connectivity index (χ0) is 20.1. The maximum Gasteiger partial charge on any atom is 0.407 e. The molecule has 0 aliphatic carbocycles. The van der Waals surface area contributed by atoms with Gasteiger partial charge in [0.05, 0.1) is 11.0 Å². The van der Waals surface area contributed by atoms with Crippen LogP contribution in [0.2, 0.25) is 0 Å². The molecule has 0 spiro atoms. The minimum absolute atomic E-state index is 0.0182. The summed E-state index contributed by atoms with van der Waals surface area (Å²) in [6.07, 6.45) is -0.633. The molecule has 0 saturated carbocycles. The average Bonchev–Trinajstić information content (AvgIpc) is 3.04. The Kier molecular flexibility index (Phi) is 6.43. The Hall–Kier alpha value is -3.04. The normalized spacial score (nSPS) is 14.5. The van der Waals surface area contributed by atoms with Crippen molar-refractivity contribution in [2.75, 3.05) is 13.4 Å². The van der Waals surface area contributed by atoms with Gasteiger partial charge in [-0.3, -0.25) is 10.1 Å². The lowest BCUT2D eigenvalue weighted by Gasteiger charge is -2.18. The third-order valence-electron chi connectivity index (χ3n) is 4.01. The van der Waals surface area contributed by atoms with Gasteiger partial charge in [0.15, 0.2) is 11.5 Å². The summed E-state index contributed by atoms with van der Waals surface area (Å²) in [6, 6.07) is 1.70. The third kappa shape index (κ3) is 5.22. The van der Waals surface area contributed by atoms with Crippen molar-refractivity contribution in [3.05, 3.63) is 27.8 Å². The number of nitrogens with one attached hydrogen (secondary N) is 1. The fourth-order valence-electron chi connectivity index (χ4n) is 2.67. The Morgan fingerprint density at radius 2 is 1.93 bits per heavy atom. The number of nitro benzene ring substituents is 1. The zero-order valence-electron chi connectivity index (χ0n) is 15.3. The van der Waals surface area contributed by atoms with Gasteiger partial charge in [-0.15, -0.1) is 0 Å². The van der Waals surface area contributed by atoms with Crippen molar-refractivity contribution in [2.45, 2.75) is 39.2 Å². The van der Waals surface area contributed by atoms with Gasteiger partial charge >= 0.3 is 12.1 Å². The van der Waals surface area contributed by atoms with E-state index < -0.39 is 28.9 Å². The first-order valence-corrected chi connectivity index (χ1v) is 8.43. The number of carboxylic acids is 1. The number of benzene rings is 1. The van der Waals surface area contributed by atoms with E-state index in [0.29, 0.717) is 11.3 Å². The molecule has 2 unspecified atom stereocenters. The van der Waals surface area contributed by atoms with E-state index in [1.165, 1.54) is 12.1 Å². The number of aliphatic carboxylic acids is 1. The van der Waals surface area contributed by atoms with Gasteiger partial charge in [0.2, 0.25) is 6.79 Å². The molecule has 2 rings (SSSR count). The van der Waals surface area contributed by atoms with Crippen molar-refractivity contribution in [3.63, 3.8) is 0 Å². The van der Waals surface area contributed by atoms with Gasteiger partial charge in [-0.25, -0.2) is 9.59 Å². The molecule has 0 bridgehead atoms. The number of nitro groups is 1. The van der Waals surface area contributed by atoms with Crippen LogP contribution < -0.4 is 14.8 Å². The minimum atomic E-state index is -1.15. The first kappa shape index (κ1) is 20.3. The van der Waals surface area contributed by atoms with E-state index >= 15 is 0 Å². The van der Waals surface area contributed by atoms with Crippen molar-refractivity contribution in [1.82, 2.24) is 5.32 Å². The van der Waals surface area contributed by atoms with Crippen molar-refractivity contribution in [2.24, 2.45) is 5.92 Å². The molecule has 27 heavy (non-hydrogen) atoms. The maximum absolute atomic E-state index is 11.9. The molecule has 1 aliphatic rings. The molecule has 1 aromatic carbocycles. The van der Waals surface area contributed by atoms with Crippen LogP contribution in [0.1, 0.15) is 38.7 Å². The van der Waals surface area contributed by atoms with Gasteiger partial charge in [-0.2, -0.15) is 0 Å². The average molecular weight is 382 g/mol. The number of fused-ring (bicyclic) bond motifs is 1. The number of hydrogen-bond acceptors (Lipinski definition) is 7. The first-order chi connectivity index (χ1) is 12.7. The number of carbonyl (C=O) groups is 2. The van der Waals surface area contributed by atoms with E-state index in [2.05, 4.69) is 5.32 Å². The van der Waals surface area contributed by atoms with Crippen LogP contribution in [0.4, 0.5) is 10.5 Å². The lowest BCUT2D eigenvalue weighted by molar-refractivity contribution is -0.385. The number of ether oxygens (including phenoxy) is 3. The molecule has 0 fully saturated rings. The predicted octanol–water partition coefficient (Wildman–Crippen LogP) is 2.65. The number of alkyl carbamates (subject to hydrolysis) is 1. The summed E-state index contributed by atoms with van der Waals surface area (Å²) < 4.78 is 15.4. The minimum Gasteiger partial charge on any atom is -0.480 e. The van der Waals surface area contributed by atoms with Crippen LogP contribution in [0.5, 0.6) is 11.5 Å². The Bertz CT molecular complexity index is 734. The topological polar surface area (TPSA) is 137 Å². The Morgan fingerprint density at radius 3 is 2.48 bits per heavy atom. The van der Waals surface area contributed by atoms with Crippen LogP contribution >= 0.6 is 0 Å². The van der Waals surface area contributed by atoms with E-state index in [1.54, 1.807) is 6.92 Å².